The van der Waals surface area contributed by atoms with Crippen molar-refractivity contribution in [3.63, 3.8) is 0 Å². The zero-order valence-corrected chi connectivity index (χ0v) is 12.4. The smallest absolute Gasteiger partial charge is 0.308 e. The number of hydrogen-bond donors (Lipinski definition) is 1. The van der Waals surface area contributed by atoms with Crippen LogP contribution in [0.15, 0.2) is 18.2 Å². The Hall–Kier alpha value is -1.75. The Kier molecular flexibility index (Phi) is 7.50. The van der Waals surface area contributed by atoms with E-state index in [1.165, 1.54) is 7.11 Å². The first kappa shape index (κ1) is 16.3. The van der Waals surface area contributed by atoms with Crippen LogP contribution < -0.4 is 14.8 Å². The second-order valence-electron chi connectivity index (χ2n) is 4.30. The molecular formula is C15H23NO4. The first-order chi connectivity index (χ1) is 9.72. The molecule has 0 amide bonds. The van der Waals surface area contributed by atoms with Crippen LogP contribution in [0.25, 0.3) is 0 Å². The van der Waals surface area contributed by atoms with Gasteiger partial charge in [-0.25, -0.2) is 0 Å². The second-order valence-corrected chi connectivity index (χ2v) is 4.30. The van der Waals surface area contributed by atoms with E-state index in [4.69, 9.17) is 9.47 Å². The molecule has 0 saturated heterocycles. The summed E-state index contributed by atoms with van der Waals surface area (Å²) in [6, 6.07) is 5.75. The van der Waals surface area contributed by atoms with Gasteiger partial charge in [0.15, 0.2) is 11.5 Å². The molecular weight excluding hydrogens is 258 g/mol. The van der Waals surface area contributed by atoms with Crippen LogP contribution in [0.3, 0.4) is 0 Å². The molecule has 0 fully saturated rings. The van der Waals surface area contributed by atoms with Crippen molar-refractivity contribution >= 4 is 5.97 Å². The number of benzene rings is 1. The third-order valence-electron chi connectivity index (χ3n) is 2.80. The van der Waals surface area contributed by atoms with Gasteiger partial charge >= 0.3 is 5.97 Å². The van der Waals surface area contributed by atoms with Gasteiger partial charge in [0.05, 0.1) is 27.2 Å². The Morgan fingerprint density at radius 2 is 2.10 bits per heavy atom. The minimum absolute atomic E-state index is 0.219. The van der Waals surface area contributed by atoms with Crippen molar-refractivity contribution in [1.82, 2.24) is 5.32 Å². The molecule has 0 aliphatic heterocycles. The average Bonchev–Trinajstić information content (AvgIpc) is 2.48. The minimum atomic E-state index is -0.287. The number of hydrogen-bond acceptors (Lipinski definition) is 5. The summed E-state index contributed by atoms with van der Waals surface area (Å²) in [5.41, 5.74) is 1.02. The summed E-state index contributed by atoms with van der Waals surface area (Å²) < 4.78 is 15.6. The second kappa shape index (κ2) is 9.20. The maximum absolute atomic E-state index is 11.1. The molecule has 0 heterocycles. The normalized spacial score (nSPS) is 10.2. The first-order valence-corrected chi connectivity index (χ1v) is 6.79. The molecule has 0 spiro atoms. The molecule has 1 N–H and O–H groups in total. The van der Waals surface area contributed by atoms with Gasteiger partial charge in [-0.15, -0.1) is 0 Å². The van der Waals surface area contributed by atoms with Crippen LogP contribution in [0.2, 0.25) is 0 Å². The highest BCUT2D eigenvalue weighted by Gasteiger charge is 2.11. The lowest BCUT2D eigenvalue weighted by Crippen LogP contribution is -2.15. The van der Waals surface area contributed by atoms with E-state index in [-0.39, 0.29) is 19.0 Å². The number of para-hydroxylation sites is 1. The van der Waals surface area contributed by atoms with Gasteiger partial charge in [-0.2, -0.15) is 0 Å². The van der Waals surface area contributed by atoms with E-state index in [0.717, 1.165) is 18.5 Å². The van der Waals surface area contributed by atoms with Gasteiger partial charge < -0.3 is 19.5 Å². The van der Waals surface area contributed by atoms with Gasteiger partial charge in [-0.1, -0.05) is 19.1 Å². The SMILES string of the molecule is CCCNCc1cccc(OC)c1OCCC(=O)OC. The molecule has 5 nitrogen and oxygen atoms in total. The number of carbonyl (C=O) groups is 1. The Morgan fingerprint density at radius 1 is 1.30 bits per heavy atom. The van der Waals surface area contributed by atoms with E-state index in [1.807, 2.05) is 18.2 Å². The molecule has 1 aromatic rings. The predicted molar refractivity (Wildman–Crippen MR) is 77.1 cm³/mol. The monoisotopic (exact) mass is 281 g/mol. The van der Waals surface area contributed by atoms with Crippen molar-refractivity contribution < 1.29 is 19.0 Å². The number of esters is 1. The van der Waals surface area contributed by atoms with Gasteiger partial charge in [0.2, 0.25) is 0 Å². The summed E-state index contributed by atoms with van der Waals surface area (Å²) in [4.78, 5) is 11.1. The molecule has 0 aromatic heterocycles. The molecule has 0 saturated carbocycles. The molecule has 0 bridgehead atoms. The van der Waals surface area contributed by atoms with E-state index >= 15 is 0 Å². The number of nitrogens with one attached hydrogen (secondary N) is 1. The Bertz CT molecular complexity index is 420. The molecule has 20 heavy (non-hydrogen) atoms. The van der Waals surface area contributed by atoms with Crippen LogP contribution in [0.5, 0.6) is 11.5 Å². The lowest BCUT2D eigenvalue weighted by Gasteiger charge is -2.15. The minimum Gasteiger partial charge on any atom is -0.493 e. The maximum atomic E-state index is 11.1. The van der Waals surface area contributed by atoms with Gasteiger partial charge in [-0.05, 0) is 19.0 Å². The molecule has 0 aliphatic carbocycles. The highest BCUT2D eigenvalue weighted by Crippen LogP contribution is 2.31. The average molecular weight is 281 g/mol. The lowest BCUT2D eigenvalue weighted by molar-refractivity contribution is -0.141. The van der Waals surface area contributed by atoms with Crippen molar-refractivity contribution in [3.05, 3.63) is 23.8 Å². The molecule has 0 aliphatic rings. The molecule has 0 unspecified atom stereocenters. The fourth-order valence-electron chi connectivity index (χ4n) is 1.76. The molecule has 0 atom stereocenters. The summed E-state index contributed by atoms with van der Waals surface area (Å²) in [5, 5.41) is 3.33. The van der Waals surface area contributed by atoms with Crippen LogP contribution in [-0.4, -0.2) is 33.3 Å². The summed E-state index contributed by atoms with van der Waals surface area (Å²) in [5.74, 6) is 1.07. The maximum Gasteiger partial charge on any atom is 0.308 e. The van der Waals surface area contributed by atoms with Crippen LogP contribution >= 0.6 is 0 Å². The van der Waals surface area contributed by atoms with Crippen molar-refractivity contribution in [2.45, 2.75) is 26.3 Å². The fourth-order valence-corrected chi connectivity index (χ4v) is 1.76. The number of carbonyl (C=O) groups excluding carboxylic acids is 1. The van der Waals surface area contributed by atoms with Crippen molar-refractivity contribution in [2.75, 3.05) is 27.4 Å². The molecule has 112 valence electrons. The van der Waals surface area contributed by atoms with Crippen LogP contribution in [0, 0.1) is 0 Å². The number of rotatable bonds is 9. The fraction of sp³-hybridized carbons (Fsp3) is 0.533. The largest absolute Gasteiger partial charge is 0.493 e. The van der Waals surface area contributed by atoms with Gasteiger partial charge in [-0.3, -0.25) is 4.79 Å². The molecule has 1 aromatic carbocycles. The zero-order valence-electron chi connectivity index (χ0n) is 12.4. The molecule has 5 heteroatoms. The number of ether oxygens (including phenoxy) is 3. The van der Waals surface area contributed by atoms with E-state index in [9.17, 15) is 4.79 Å². The van der Waals surface area contributed by atoms with E-state index in [2.05, 4.69) is 17.0 Å². The van der Waals surface area contributed by atoms with Crippen molar-refractivity contribution in [3.8, 4) is 11.5 Å². The first-order valence-electron chi connectivity index (χ1n) is 6.79. The van der Waals surface area contributed by atoms with Gasteiger partial charge in [0.25, 0.3) is 0 Å². The third-order valence-corrected chi connectivity index (χ3v) is 2.80. The molecule has 0 radical (unpaired) electrons. The van der Waals surface area contributed by atoms with Crippen LogP contribution in [0.1, 0.15) is 25.3 Å². The zero-order chi connectivity index (χ0) is 14.8. The highest BCUT2D eigenvalue weighted by molar-refractivity contribution is 5.69. The van der Waals surface area contributed by atoms with Gasteiger partial charge in [0, 0.05) is 12.1 Å². The van der Waals surface area contributed by atoms with E-state index < -0.39 is 0 Å². The van der Waals surface area contributed by atoms with Crippen LogP contribution in [-0.2, 0) is 16.1 Å². The summed E-state index contributed by atoms with van der Waals surface area (Å²) in [6.45, 7) is 4.04. The van der Waals surface area contributed by atoms with Crippen molar-refractivity contribution in [1.29, 1.82) is 0 Å². The van der Waals surface area contributed by atoms with Gasteiger partial charge in [0.1, 0.15) is 0 Å². The Labute approximate surface area is 120 Å². The molecule has 1 rings (SSSR count). The standard InChI is InChI=1S/C15H23NO4/c1-4-9-16-11-12-6-5-7-13(18-2)15(12)20-10-8-14(17)19-3/h5-7,16H,4,8-11H2,1-3H3. The van der Waals surface area contributed by atoms with E-state index in [1.54, 1.807) is 7.11 Å². The Balaban J connectivity index is 2.70. The predicted octanol–water partition coefficient (Wildman–Crippen LogP) is 2.14. The summed E-state index contributed by atoms with van der Waals surface area (Å²) in [7, 11) is 2.97. The van der Waals surface area contributed by atoms with E-state index in [0.29, 0.717) is 18.0 Å². The summed E-state index contributed by atoms with van der Waals surface area (Å²) in [6.07, 6.45) is 1.29. The quantitative estimate of drug-likeness (QED) is 0.555. The number of methoxy groups -OCH3 is 2. The lowest BCUT2D eigenvalue weighted by atomic mass is 10.2. The van der Waals surface area contributed by atoms with Crippen molar-refractivity contribution in [2.24, 2.45) is 0 Å². The van der Waals surface area contributed by atoms with Crippen LogP contribution in [0.4, 0.5) is 0 Å². The summed E-state index contributed by atoms with van der Waals surface area (Å²) >= 11 is 0. The third kappa shape index (κ3) is 5.09. The Morgan fingerprint density at radius 3 is 2.75 bits per heavy atom. The topological polar surface area (TPSA) is 56.8 Å². The highest BCUT2D eigenvalue weighted by atomic mass is 16.5.